The van der Waals surface area contributed by atoms with Crippen LogP contribution in [0.1, 0.15) is 15.9 Å². The number of aliphatic hydroxyl groups excluding tert-OH is 1. The van der Waals surface area contributed by atoms with Gasteiger partial charge in [0.2, 0.25) is 0 Å². The van der Waals surface area contributed by atoms with Gasteiger partial charge in [-0.2, -0.15) is 0 Å². The summed E-state index contributed by atoms with van der Waals surface area (Å²) in [6.07, 6.45) is 0. The van der Waals surface area contributed by atoms with Crippen molar-refractivity contribution >= 4 is 40.8 Å². The number of carbonyl (C=O) groups is 1. The van der Waals surface area contributed by atoms with E-state index in [1.165, 1.54) is 18.2 Å². The van der Waals surface area contributed by atoms with Crippen molar-refractivity contribution in [2.75, 3.05) is 0 Å². The first-order valence-electron chi connectivity index (χ1n) is 5.56. The lowest BCUT2D eigenvalue weighted by Crippen LogP contribution is -2.01. The second-order valence-electron chi connectivity index (χ2n) is 4.09. The van der Waals surface area contributed by atoms with Gasteiger partial charge in [0.15, 0.2) is 0 Å². The molecule has 0 heterocycles. The van der Waals surface area contributed by atoms with Crippen LogP contribution in [0.5, 0.6) is 0 Å². The van der Waals surface area contributed by atoms with Crippen molar-refractivity contribution in [1.82, 2.24) is 0 Å². The average Bonchev–Trinajstić information content (AvgIpc) is 2.42. The fourth-order valence-electron chi connectivity index (χ4n) is 1.83. The van der Waals surface area contributed by atoms with Crippen LogP contribution in [0.4, 0.5) is 0 Å². The number of hydrogen-bond donors (Lipinski definition) is 2. The summed E-state index contributed by atoms with van der Waals surface area (Å²) >= 11 is 17.9. The fourth-order valence-corrected chi connectivity index (χ4v) is 2.48. The number of carboxylic acids is 1. The molecule has 0 bridgehead atoms. The lowest BCUT2D eigenvalue weighted by molar-refractivity contribution is 0.0697. The molecule has 6 heteroatoms. The van der Waals surface area contributed by atoms with Crippen LogP contribution in [0.25, 0.3) is 11.1 Å². The van der Waals surface area contributed by atoms with E-state index in [-0.39, 0.29) is 27.2 Å². The van der Waals surface area contributed by atoms with Crippen molar-refractivity contribution < 1.29 is 15.0 Å². The topological polar surface area (TPSA) is 57.5 Å². The third-order valence-corrected chi connectivity index (χ3v) is 3.83. The molecule has 2 N–H and O–H groups in total. The SMILES string of the molecule is O=C(O)c1ccc(CO)cc1-c1cc(Cl)c(Cl)cc1Cl. The fraction of sp³-hybridized carbons (Fsp3) is 0.0714. The van der Waals surface area contributed by atoms with Crippen LogP contribution in [-0.2, 0) is 6.61 Å². The van der Waals surface area contributed by atoms with E-state index in [9.17, 15) is 15.0 Å². The van der Waals surface area contributed by atoms with Crippen LogP contribution in [0.2, 0.25) is 15.1 Å². The number of carboxylic acid groups (broad SMARTS) is 1. The maximum atomic E-state index is 11.3. The molecule has 2 aromatic rings. The van der Waals surface area contributed by atoms with Gasteiger partial charge in [-0.15, -0.1) is 0 Å². The second-order valence-corrected chi connectivity index (χ2v) is 5.31. The van der Waals surface area contributed by atoms with E-state index >= 15 is 0 Å². The summed E-state index contributed by atoms with van der Waals surface area (Å²) in [7, 11) is 0. The number of halogens is 3. The molecule has 0 saturated carbocycles. The van der Waals surface area contributed by atoms with Crippen molar-refractivity contribution in [1.29, 1.82) is 0 Å². The molecule has 0 atom stereocenters. The number of hydrogen-bond acceptors (Lipinski definition) is 2. The molecule has 0 radical (unpaired) electrons. The Morgan fingerprint density at radius 1 is 0.950 bits per heavy atom. The van der Waals surface area contributed by atoms with Crippen molar-refractivity contribution in [3.63, 3.8) is 0 Å². The van der Waals surface area contributed by atoms with E-state index in [4.69, 9.17) is 34.8 Å². The summed E-state index contributed by atoms with van der Waals surface area (Å²) in [6.45, 7) is -0.203. The van der Waals surface area contributed by atoms with Crippen molar-refractivity contribution in [3.05, 3.63) is 56.5 Å². The maximum Gasteiger partial charge on any atom is 0.336 e. The zero-order valence-corrected chi connectivity index (χ0v) is 12.3. The molecule has 0 amide bonds. The Morgan fingerprint density at radius 3 is 2.20 bits per heavy atom. The number of aromatic carboxylic acids is 1. The van der Waals surface area contributed by atoms with Crippen LogP contribution < -0.4 is 0 Å². The average molecular weight is 332 g/mol. The highest BCUT2D eigenvalue weighted by molar-refractivity contribution is 6.44. The molecule has 2 rings (SSSR count). The molecule has 0 spiro atoms. The Bertz CT molecular complexity index is 684. The van der Waals surface area contributed by atoms with Gasteiger partial charge < -0.3 is 10.2 Å². The second kappa shape index (κ2) is 6.02. The Morgan fingerprint density at radius 2 is 1.60 bits per heavy atom. The molecule has 0 fully saturated rings. The molecule has 0 saturated heterocycles. The van der Waals surface area contributed by atoms with Crippen LogP contribution >= 0.6 is 34.8 Å². The van der Waals surface area contributed by atoms with E-state index in [2.05, 4.69) is 0 Å². The number of aliphatic hydroxyl groups is 1. The minimum Gasteiger partial charge on any atom is -0.478 e. The molecular weight excluding hydrogens is 323 g/mol. The summed E-state index contributed by atoms with van der Waals surface area (Å²) in [4.78, 5) is 11.3. The molecule has 0 unspecified atom stereocenters. The molecule has 3 nitrogen and oxygen atoms in total. The van der Waals surface area contributed by atoms with Gasteiger partial charge in [-0.05, 0) is 35.4 Å². The first kappa shape index (κ1) is 15.1. The van der Waals surface area contributed by atoms with Gasteiger partial charge in [-0.1, -0.05) is 40.9 Å². The van der Waals surface area contributed by atoms with Gasteiger partial charge in [0.05, 0.1) is 27.2 Å². The zero-order valence-electron chi connectivity index (χ0n) is 10.0. The predicted octanol–water partition coefficient (Wildman–Crippen LogP) is 4.50. The summed E-state index contributed by atoms with van der Waals surface area (Å²) in [5.74, 6) is -1.09. The predicted molar refractivity (Wildman–Crippen MR) is 79.8 cm³/mol. The zero-order chi connectivity index (χ0) is 14.9. The van der Waals surface area contributed by atoms with Crippen molar-refractivity contribution in [3.8, 4) is 11.1 Å². The lowest BCUT2D eigenvalue weighted by Gasteiger charge is -2.11. The van der Waals surface area contributed by atoms with Crippen LogP contribution in [0.15, 0.2) is 30.3 Å². The van der Waals surface area contributed by atoms with Crippen LogP contribution in [0.3, 0.4) is 0 Å². The van der Waals surface area contributed by atoms with E-state index in [1.807, 2.05) is 0 Å². The van der Waals surface area contributed by atoms with E-state index in [1.54, 1.807) is 12.1 Å². The molecule has 0 aliphatic rings. The van der Waals surface area contributed by atoms with Crippen LogP contribution in [-0.4, -0.2) is 16.2 Å². The first-order valence-corrected chi connectivity index (χ1v) is 6.69. The van der Waals surface area contributed by atoms with Gasteiger partial charge in [0, 0.05) is 5.56 Å². The molecule has 20 heavy (non-hydrogen) atoms. The number of rotatable bonds is 3. The van der Waals surface area contributed by atoms with E-state index < -0.39 is 5.97 Å². The smallest absolute Gasteiger partial charge is 0.336 e. The maximum absolute atomic E-state index is 11.3. The standard InChI is InChI=1S/C14H9Cl3O3/c15-11-5-13(17)12(16)4-10(11)9-3-7(6-18)1-2-8(9)14(19)20/h1-5,18H,6H2,(H,19,20). The van der Waals surface area contributed by atoms with Crippen molar-refractivity contribution in [2.24, 2.45) is 0 Å². The molecular formula is C14H9Cl3O3. The van der Waals surface area contributed by atoms with Crippen LogP contribution in [0, 0.1) is 0 Å². The third kappa shape index (κ3) is 2.91. The summed E-state index contributed by atoms with van der Waals surface area (Å²) in [5.41, 5.74) is 1.48. The lowest BCUT2D eigenvalue weighted by atomic mass is 9.97. The number of benzene rings is 2. The minimum atomic E-state index is -1.09. The van der Waals surface area contributed by atoms with Gasteiger partial charge >= 0.3 is 5.97 Å². The molecule has 0 aliphatic heterocycles. The van der Waals surface area contributed by atoms with E-state index in [0.717, 1.165) is 0 Å². The quantitative estimate of drug-likeness (QED) is 0.814. The highest BCUT2D eigenvalue weighted by atomic mass is 35.5. The molecule has 0 aliphatic carbocycles. The Hall–Kier alpha value is -1.26. The third-order valence-electron chi connectivity index (χ3n) is 2.80. The van der Waals surface area contributed by atoms with E-state index in [0.29, 0.717) is 16.7 Å². The highest BCUT2D eigenvalue weighted by Crippen LogP contribution is 2.37. The summed E-state index contributed by atoms with van der Waals surface area (Å²) in [6, 6.07) is 7.49. The molecule has 104 valence electrons. The minimum absolute atomic E-state index is 0.0717. The molecule has 0 aromatic heterocycles. The normalized spacial score (nSPS) is 10.6. The summed E-state index contributed by atoms with van der Waals surface area (Å²) in [5, 5.41) is 19.3. The van der Waals surface area contributed by atoms with Gasteiger partial charge in [0.1, 0.15) is 0 Å². The molecule has 2 aromatic carbocycles. The van der Waals surface area contributed by atoms with Gasteiger partial charge in [0.25, 0.3) is 0 Å². The van der Waals surface area contributed by atoms with Crippen molar-refractivity contribution in [2.45, 2.75) is 6.61 Å². The first-order chi connectivity index (χ1) is 9.43. The Kier molecular flexibility index (Phi) is 4.55. The summed E-state index contributed by atoms with van der Waals surface area (Å²) < 4.78 is 0. The van der Waals surface area contributed by atoms with Gasteiger partial charge in [-0.3, -0.25) is 0 Å². The Labute approximate surface area is 130 Å². The largest absolute Gasteiger partial charge is 0.478 e. The Balaban J connectivity index is 2.73. The highest BCUT2D eigenvalue weighted by Gasteiger charge is 2.16. The van der Waals surface area contributed by atoms with Gasteiger partial charge in [-0.25, -0.2) is 4.79 Å². The monoisotopic (exact) mass is 330 g/mol.